The Morgan fingerprint density at radius 2 is 2.00 bits per heavy atom. The van der Waals surface area contributed by atoms with Gasteiger partial charge in [-0.15, -0.1) is 11.3 Å². The number of thiophene rings is 1. The molecule has 0 saturated heterocycles. The summed E-state index contributed by atoms with van der Waals surface area (Å²) in [5, 5.41) is 2.93. The third-order valence-corrected chi connectivity index (χ3v) is 5.51. The summed E-state index contributed by atoms with van der Waals surface area (Å²) >= 11 is 5.07. The van der Waals surface area contributed by atoms with Crippen LogP contribution in [0.5, 0.6) is 0 Å². The van der Waals surface area contributed by atoms with Gasteiger partial charge in [0.05, 0.1) is 10.3 Å². The Labute approximate surface area is 138 Å². The molecule has 0 aromatic carbocycles. The minimum atomic E-state index is -0.701. The van der Waals surface area contributed by atoms with Gasteiger partial charge in [0, 0.05) is 18.8 Å². The standard InChI is InChI=1S/C15H21BrN2O2S/c1-11(19)17-15(8-4-3-5-9-15)14(20)18(2)10-12-6-7-13(16)21-12/h6-7H,3-5,8-10H2,1-2H3,(H,17,19). The first-order chi connectivity index (χ1) is 9.93. The molecule has 1 saturated carbocycles. The Hall–Kier alpha value is -0.880. The van der Waals surface area contributed by atoms with E-state index in [2.05, 4.69) is 21.2 Å². The first kappa shape index (κ1) is 16.5. The summed E-state index contributed by atoms with van der Waals surface area (Å²) in [6.07, 6.45) is 4.60. The second-order valence-electron chi connectivity index (χ2n) is 5.69. The zero-order valence-electron chi connectivity index (χ0n) is 12.4. The van der Waals surface area contributed by atoms with E-state index in [0.29, 0.717) is 6.54 Å². The Kier molecular flexibility index (Phi) is 5.43. The molecule has 116 valence electrons. The van der Waals surface area contributed by atoms with Gasteiger partial charge in [0.2, 0.25) is 11.8 Å². The van der Waals surface area contributed by atoms with Crippen molar-refractivity contribution in [1.29, 1.82) is 0 Å². The van der Waals surface area contributed by atoms with Gasteiger partial charge in [-0.25, -0.2) is 0 Å². The fourth-order valence-corrected chi connectivity index (χ4v) is 4.53. The molecule has 1 heterocycles. The molecule has 1 aromatic rings. The van der Waals surface area contributed by atoms with E-state index >= 15 is 0 Å². The molecular formula is C15H21BrN2O2S. The van der Waals surface area contributed by atoms with Crippen molar-refractivity contribution in [2.45, 2.75) is 51.1 Å². The highest BCUT2D eigenvalue weighted by atomic mass is 79.9. The molecule has 6 heteroatoms. The van der Waals surface area contributed by atoms with Crippen molar-refractivity contribution >= 4 is 39.1 Å². The maximum Gasteiger partial charge on any atom is 0.248 e. The molecule has 0 spiro atoms. The van der Waals surface area contributed by atoms with Crippen molar-refractivity contribution in [2.24, 2.45) is 0 Å². The van der Waals surface area contributed by atoms with Crippen molar-refractivity contribution in [3.05, 3.63) is 20.8 Å². The third-order valence-electron chi connectivity index (χ3n) is 3.90. The Balaban J connectivity index is 2.11. The summed E-state index contributed by atoms with van der Waals surface area (Å²) in [6.45, 7) is 2.07. The number of nitrogens with one attached hydrogen (secondary N) is 1. The molecule has 4 nitrogen and oxygen atoms in total. The summed E-state index contributed by atoms with van der Waals surface area (Å²) in [5.41, 5.74) is -0.701. The molecule has 0 unspecified atom stereocenters. The lowest BCUT2D eigenvalue weighted by Gasteiger charge is -2.39. The fraction of sp³-hybridized carbons (Fsp3) is 0.600. The van der Waals surface area contributed by atoms with E-state index in [9.17, 15) is 9.59 Å². The topological polar surface area (TPSA) is 49.4 Å². The fourth-order valence-electron chi connectivity index (χ4n) is 2.99. The number of hydrogen-bond acceptors (Lipinski definition) is 3. The average Bonchev–Trinajstić information content (AvgIpc) is 2.83. The quantitative estimate of drug-likeness (QED) is 0.881. The van der Waals surface area contributed by atoms with Gasteiger partial charge in [-0.3, -0.25) is 9.59 Å². The second kappa shape index (κ2) is 6.92. The lowest BCUT2D eigenvalue weighted by atomic mass is 9.80. The SMILES string of the molecule is CC(=O)NC1(C(=O)N(C)Cc2ccc(Br)s2)CCCCC1. The highest BCUT2D eigenvalue weighted by molar-refractivity contribution is 9.11. The number of nitrogens with zero attached hydrogens (tertiary/aromatic N) is 1. The summed E-state index contributed by atoms with van der Waals surface area (Å²) in [6, 6.07) is 4.01. The van der Waals surface area contributed by atoms with Crippen molar-refractivity contribution in [3.63, 3.8) is 0 Å². The van der Waals surface area contributed by atoms with Gasteiger partial charge in [-0.2, -0.15) is 0 Å². The van der Waals surface area contributed by atoms with Crippen LogP contribution in [0, 0.1) is 0 Å². The van der Waals surface area contributed by atoms with Crippen molar-refractivity contribution in [2.75, 3.05) is 7.05 Å². The highest BCUT2D eigenvalue weighted by Gasteiger charge is 2.41. The number of hydrogen-bond donors (Lipinski definition) is 1. The van der Waals surface area contributed by atoms with E-state index in [1.807, 2.05) is 19.2 Å². The molecule has 1 aliphatic rings. The van der Waals surface area contributed by atoms with Crippen LogP contribution >= 0.6 is 27.3 Å². The lowest BCUT2D eigenvalue weighted by molar-refractivity contribution is -0.142. The number of halogens is 1. The molecule has 0 atom stereocenters. The maximum atomic E-state index is 12.9. The number of rotatable bonds is 4. The number of carbonyl (C=O) groups is 2. The van der Waals surface area contributed by atoms with Gasteiger partial charge in [0.25, 0.3) is 0 Å². The van der Waals surface area contributed by atoms with Gasteiger partial charge in [-0.05, 0) is 40.9 Å². The molecule has 0 aliphatic heterocycles. The van der Waals surface area contributed by atoms with Crippen LogP contribution in [0.1, 0.15) is 43.9 Å². The summed E-state index contributed by atoms with van der Waals surface area (Å²) < 4.78 is 1.06. The van der Waals surface area contributed by atoms with Gasteiger partial charge in [-0.1, -0.05) is 19.3 Å². The van der Waals surface area contributed by atoms with E-state index in [1.165, 1.54) is 6.92 Å². The lowest BCUT2D eigenvalue weighted by Crippen LogP contribution is -2.59. The number of carbonyl (C=O) groups excluding carboxylic acids is 2. The molecule has 0 bridgehead atoms. The summed E-state index contributed by atoms with van der Waals surface area (Å²) in [5.74, 6) is -0.0977. The predicted octanol–water partition coefficient (Wildman–Crippen LogP) is 3.31. The maximum absolute atomic E-state index is 12.9. The van der Waals surface area contributed by atoms with Crippen LogP contribution < -0.4 is 5.32 Å². The smallest absolute Gasteiger partial charge is 0.248 e. The zero-order chi connectivity index (χ0) is 15.5. The molecule has 1 aliphatic carbocycles. The Morgan fingerprint density at radius 3 is 2.52 bits per heavy atom. The average molecular weight is 373 g/mol. The minimum absolute atomic E-state index is 0.0296. The Morgan fingerprint density at radius 1 is 1.33 bits per heavy atom. The molecule has 1 aromatic heterocycles. The normalized spacial score (nSPS) is 17.3. The Bertz CT molecular complexity index is 523. The van der Waals surface area contributed by atoms with E-state index in [1.54, 1.807) is 16.2 Å². The number of amides is 2. The van der Waals surface area contributed by atoms with E-state index in [4.69, 9.17) is 0 Å². The van der Waals surface area contributed by atoms with Crippen molar-refractivity contribution in [1.82, 2.24) is 10.2 Å². The van der Waals surface area contributed by atoms with Crippen LogP contribution in [0.3, 0.4) is 0 Å². The van der Waals surface area contributed by atoms with Crippen LogP contribution in [0.2, 0.25) is 0 Å². The van der Waals surface area contributed by atoms with Gasteiger partial charge < -0.3 is 10.2 Å². The van der Waals surface area contributed by atoms with E-state index in [0.717, 1.165) is 40.8 Å². The van der Waals surface area contributed by atoms with Crippen LogP contribution in [-0.2, 0) is 16.1 Å². The van der Waals surface area contributed by atoms with Gasteiger partial charge in [0.1, 0.15) is 5.54 Å². The molecule has 21 heavy (non-hydrogen) atoms. The first-order valence-electron chi connectivity index (χ1n) is 7.21. The molecule has 2 rings (SSSR count). The third kappa shape index (κ3) is 4.07. The van der Waals surface area contributed by atoms with Crippen molar-refractivity contribution < 1.29 is 9.59 Å². The molecule has 2 amide bonds. The minimum Gasteiger partial charge on any atom is -0.342 e. The molecular weight excluding hydrogens is 352 g/mol. The first-order valence-corrected chi connectivity index (χ1v) is 8.82. The summed E-state index contributed by atoms with van der Waals surface area (Å²) in [4.78, 5) is 27.3. The predicted molar refractivity (Wildman–Crippen MR) is 88.1 cm³/mol. The van der Waals surface area contributed by atoms with Crippen LogP contribution in [0.25, 0.3) is 0 Å². The molecule has 1 N–H and O–H groups in total. The van der Waals surface area contributed by atoms with Gasteiger partial charge in [0.15, 0.2) is 0 Å². The monoisotopic (exact) mass is 372 g/mol. The van der Waals surface area contributed by atoms with Crippen molar-refractivity contribution in [3.8, 4) is 0 Å². The second-order valence-corrected chi connectivity index (χ2v) is 8.24. The highest BCUT2D eigenvalue weighted by Crippen LogP contribution is 2.31. The molecule has 1 fully saturated rings. The van der Waals surface area contributed by atoms with Crippen LogP contribution in [0.15, 0.2) is 15.9 Å². The molecule has 0 radical (unpaired) electrons. The van der Waals surface area contributed by atoms with E-state index < -0.39 is 5.54 Å². The number of likely N-dealkylation sites (N-methyl/N-ethyl adjacent to an activating group) is 1. The van der Waals surface area contributed by atoms with Gasteiger partial charge >= 0.3 is 0 Å². The van der Waals surface area contributed by atoms with E-state index in [-0.39, 0.29) is 11.8 Å². The van der Waals surface area contributed by atoms with Crippen LogP contribution in [0.4, 0.5) is 0 Å². The summed E-state index contributed by atoms with van der Waals surface area (Å²) in [7, 11) is 1.81. The largest absolute Gasteiger partial charge is 0.342 e. The van der Waals surface area contributed by atoms with Crippen LogP contribution in [-0.4, -0.2) is 29.3 Å². The zero-order valence-corrected chi connectivity index (χ0v) is 14.8.